The zero-order valence-corrected chi connectivity index (χ0v) is 14.4. The highest BCUT2D eigenvalue weighted by molar-refractivity contribution is 5.91. The molecular weight excluding hydrogens is 318 g/mol. The Labute approximate surface area is 148 Å². The Morgan fingerprint density at radius 2 is 2.04 bits per heavy atom. The minimum atomic E-state index is -0.195. The first-order valence-corrected chi connectivity index (χ1v) is 8.83. The van der Waals surface area contributed by atoms with Gasteiger partial charge in [-0.1, -0.05) is 35.5 Å². The molecule has 0 atom stereocenters. The van der Waals surface area contributed by atoms with Crippen molar-refractivity contribution >= 4 is 5.91 Å². The summed E-state index contributed by atoms with van der Waals surface area (Å²) < 4.78 is 7.20. The van der Waals surface area contributed by atoms with Crippen LogP contribution in [0.1, 0.15) is 28.9 Å². The van der Waals surface area contributed by atoms with Gasteiger partial charge in [0.25, 0.3) is 5.91 Å². The molecule has 1 aliphatic rings. The first-order valence-electron chi connectivity index (χ1n) is 8.83. The summed E-state index contributed by atoms with van der Waals surface area (Å²) in [6.45, 7) is 6.02. The van der Waals surface area contributed by atoms with E-state index in [2.05, 4.69) is 20.5 Å². The van der Waals surface area contributed by atoms with E-state index in [0.29, 0.717) is 12.2 Å². The smallest absolute Gasteiger partial charge is 0.273 e. The van der Waals surface area contributed by atoms with Crippen molar-refractivity contribution in [1.82, 2.24) is 25.2 Å². The standard InChI is InChI=1S/C18H25N5O2/c24-18(19-14-16-6-2-1-3-7-16)17-15-23(21-20-17)10-4-8-22-9-5-12-25-13-11-22/h1-3,6-7,15H,4-5,8-14H2,(H,19,24). The van der Waals surface area contributed by atoms with Crippen LogP contribution in [-0.2, 0) is 17.8 Å². The van der Waals surface area contributed by atoms with Crippen LogP contribution < -0.4 is 5.32 Å². The maximum Gasteiger partial charge on any atom is 0.273 e. The van der Waals surface area contributed by atoms with Crippen molar-refractivity contribution in [2.75, 3.05) is 32.8 Å². The molecule has 2 heterocycles. The summed E-state index contributed by atoms with van der Waals surface area (Å²) in [5.41, 5.74) is 1.42. The number of benzene rings is 1. The Morgan fingerprint density at radius 3 is 2.92 bits per heavy atom. The van der Waals surface area contributed by atoms with E-state index < -0.39 is 0 Å². The van der Waals surface area contributed by atoms with Gasteiger partial charge in [0.1, 0.15) is 0 Å². The molecule has 0 spiro atoms. The van der Waals surface area contributed by atoms with E-state index in [-0.39, 0.29) is 5.91 Å². The molecule has 0 radical (unpaired) electrons. The van der Waals surface area contributed by atoms with Crippen LogP contribution in [0.4, 0.5) is 0 Å². The predicted molar refractivity (Wildman–Crippen MR) is 94.1 cm³/mol. The third-order valence-electron chi connectivity index (χ3n) is 4.24. The summed E-state index contributed by atoms with van der Waals surface area (Å²) in [5.74, 6) is -0.195. The van der Waals surface area contributed by atoms with Crippen LogP contribution in [0.5, 0.6) is 0 Å². The summed E-state index contributed by atoms with van der Waals surface area (Å²) in [6, 6.07) is 9.81. The molecule has 1 saturated heterocycles. The number of carbonyl (C=O) groups excluding carboxylic acids is 1. The lowest BCUT2D eigenvalue weighted by Crippen LogP contribution is -2.28. The Hall–Kier alpha value is -2.25. The molecule has 0 unspecified atom stereocenters. The number of nitrogens with zero attached hydrogens (tertiary/aromatic N) is 4. The van der Waals surface area contributed by atoms with Crippen LogP contribution in [-0.4, -0.2) is 58.6 Å². The molecule has 0 aliphatic carbocycles. The maximum atomic E-state index is 12.1. The fraction of sp³-hybridized carbons (Fsp3) is 0.500. The predicted octanol–water partition coefficient (Wildman–Crippen LogP) is 1.32. The molecule has 2 aromatic rings. The zero-order chi connectivity index (χ0) is 17.3. The highest BCUT2D eigenvalue weighted by Gasteiger charge is 2.11. The SMILES string of the molecule is O=C(NCc1ccccc1)c1cn(CCCN2CCCOCC2)nn1. The summed E-state index contributed by atoms with van der Waals surface area (Å²) in [4.78, 5) is 14.6. The van der Waals surface area contributed by atoms with Gasteiger partial charge in [0, 0.05) is 32.8 Å². The fourth-order valence-corrected chi connectivity index (χ4v) is 2.86. The van der Waals surface area contributed by atoms with Gasteiger partial charge in [-0.15, -0.1) is 5.10 Å². The first-order chi connectivity index (χ1) is 12.3. The van der Waals surface area contributed by atoms with Gasteiger partial charge in [-0.05, 0) is 24.9 Å². The molecule has 134 valence electrons. The number of amides is 1. The number of nitrogens with one attached hydrogen (secondary N) is 1. The van der Waals surface area contributed by atoms with Gasteiger partial charge in [-0.2, -0.15) is 0 Å². The minimum Gasteiger partial charge on any atom is -0.380 e. The molecule has 3 rings (SSSR count). The quantitative estimate of drug-likeness (QED) is 0.821. The fourth-order valence-electron chi connectivity index (χ4n) is 2.86. The lowest BCUT2D eigenvalue weighted by atomic mass is 10.2. The van der Waals surface area contributed by atoms with Crippen molar-refractivity contribution in [3.8, 4) is 0 Å². The van der Waals surface area contributed by atoms with Gasteiger partial charge in [0.2, 0.25) is 0 Å². The van der Waals surface area contributed by atoms with Crippen LogP contribution in [0.3, 0.4) is 0 Å². The lowest BCUT2D eigenvalue weighted by Gasteiger charge is -2.18. The Bertz CT molecular complexity index is 650. The van der Waals surface area contributed by atoms with Crippen LogP contribution in [0.15, 0.2) is 36.5 Å². The second-order valence-electron chi connectivity index (χ2n) is 6.20. The van der Waals surface area contributed by atoms with E-state index in [1.807, 2.05) is 30.3 Å². The molecule has 7 nitrogen and oxygen atoms in total. The molecule has 1 fully saturated rings. The summed E-state index contributed by atoms with van der Waals surface area (Å²) in [6.07, 6.45) is 3.79. The van der Waals surface area contributed by atoms with Gasteiger partial charge in [0.05, 0.1) is 12.8 Å². The van der Waals surface area contributed by atoms with Crippen molar-refractivity contribution in [3.05, 3.63) is 47.8 Å². The van der Waals surface area contributed by atoms with Gasteiger partial charge in [-0.3, -0.25) is 9.48 Å². The van der Waals surface area contributed by atoms with Crippen molar-refractivity contribution in [1.29, 1.82) is 0 Å². The minimum absolute atomic E-state index is 0.195. The van der Waals surface area contributed by atoms with Gasteiger partial charge < -0.3 is 15.0 Å². The van der Waals surface area contributed by atoms with Crippen LogP contribution in [0.25, 0.3) is 0 Å². The normalized spacial score (nSPS) is 15.7. The molecule has 7 heteroatoms. The number of carbonyl (C=O) groups is 1. The third kappa shape index (κ3) is 5.65. The van der Waals surface area contributed by atoms with E-state index >= 15 is 0 Å². The Kier molecular flexibility index (Phi) is 6.53. The van der Waals surface area contributed by atoms with Crippen LogP contribution in [0.2, 0.25) is 0 Å². The second kappa shape index (κ2) is 9.29. The van der Waals surface area contributed by atoms with Crippen molar-refractivity contribution in [3.63, 3.8) is 0 Å². The zero-order valence-electron chi connectivity index (χ0n) is 14.4. The number of hydrogen-bond acceptors (Lipinski definition) is 5. The van der Waals surface area contributed by atoms with E-state index in [9.17, 15) is 4.79 Å². The molecular formula is C18H25N5O2. The third-order valence-corrected chi connectivity index (χ3v) is 4.24. The maximum absolute atomic E-state index is 12.1. The molecule has 1 aromatic carbocycles. The molecule has 1 aliphatic heterocycles. The largest absolute Gasteiger partial charge is 0.380 e. The summed E-state index contributed by atoms with van der Waals surface area (Å²) >= 11 is 0. The van der Waals surface area contributed by atoms with E-state index in [1.54, 1.807) is 10.9 Å². The van der Waals surface area contributed by atoms with E-state index in [4.69, 9.17) is 4.74 Å². The molecule has 0 saturated carbocycles. The number of aryl methyl sites for hydroxylation is 1. The van der Waals surface area contributed by atoms with Crippen molar-refractivity contribution in [2.45, 2.75) is 25.9 Å². The topological polar surface area (TPSA) is 72.3 Å². The molecule has 1 amide bonds. The second-order valence-corrected chi connectivity index (χ2v) is 6.20. The van der Waals surface area contributed by atoms with Crippen LogP contribution >= 0.6 is 0 Å². The van der Waals surface area contributed by atoms with Crippen molar-refractivity contribution in [2.24, 2.45) is 0 Å². The number of ether oxygens (including phenoxy) is 1. The summed E-state index contributed by atoms with van der Waals surface area (Å²) in [7, 11) is 0. The average Bonchev–Trinajstić information content (AvgIpc) is 2.96. The number of rotatable bonds is 7. The average molecular weight is 343 g/mol. The molecule has 25 heavy (non-hydrogen) atoms. The van der Waals surface area contributed by atoms with Gasteiger partial charge in [-0.25, -0.2) is 0 Å². The lowest BCUT2D eigenvalue weighted by molar-refractivity contribution is 0.0946. The van der Waals surface area contributed by atoms with Crippen LogP contribution in [0, 0.1) is 0 Å². The monoisotopic (exact) mass is 343 g/mol. The van der Waals surface area contributed by atoms with Gasteiger partial charge >= 0.3 is 0 Å². The highest BCUT2D eigenvalue weighted by Crippen LogP contribution is 2.02. The molecule has 0 bridgehead atoms. The van der Waals surface area contributed by atoms with Gasteiger partial charge in [0.15, 0.2) is 5.69 Å². The highest BCUT2D eigenvalue weighted by atomic mass is 16.5. The Morgan fingerprint density at radius 1 is 1.16 bits per heavy atom. The number of aromatic nitrogens is 3. The first kappa shape index (κ1) is 17.6. The van der Waals surface area contributed by atoms with E-state index in [0.717, 1.165) is 57.8 Å². The summed E-state index contributed by atoms with van der Waals surface area (Å²) in [5, 5.41) is 10.9. The number of hydrogen-bond donors (Lipinski definition) is 1. The molecule has 1 aromatic heterocycles. The Balaban J connectivity index is 1.41. The molecule has 1 N–H and O–H groups in total. The van der Waals surface area contributed by atoms with Crippen molar-refractivity contribution < 1.29 is 9.53 Å². The van der Waals surface area contributed by atoms with E-state index in [1.165, 1.54) is 0 Å².